The van der Waals surface area contributed by atoms with Gasteiger partial charge in [-0.05, 0) is 31.5 Å². The lowest BCUT2D eigenvalue weighted by Crippen LogP contribution is -2.51. The van der Waals surface area contributed by atoms with Crippen LogP contribution in [0.4, 0.5) is 11.4 Å². The highest BCUT2D eigenvalue weighted by molar-refractivity contribution is 5.95. The van der Waals surface area contributed by atoms with Crippen molar-refractivity contribution in [3.63, 3.8) is 0 Å². The zero-order valence-electron chi connectivity index (χ0n) is 14.2. The molecule has 0 heterocycles. The Morgan fingerprint density at radius 3 is 2.60 bits per heavy atom. The maximum Gasteiger partial charge on any atom is 0.317 e. The van der Waals surface area contributed by atoms with Gasteiger partial charge in [-0.1, -0.05) is 6.92 Å². The van der Waals surface area contributed by atoms with Gasteiger partial charge in [0, 0.05) is 30.8 Å². The van der Waals surface area contributed by atoms with Gasteiger partial charge in [-0.15, -0.1) is 0 Å². The number of carboxylic acid groups (broad SMARTS) is 1. The van der Waals surface area contributed by atoms with Crippen LogP contribution in [0.5, 0.6) is 0 Å². The Morgan fingerprint density at radius 2 is 2.08 bits per heavy atom. The van der Waals surface area contributed by atoms with Crippen LogP contribution in [0.1, 0.15) is 30.1 Å². The van der Waals surface area contributed by atoms with E-state index < -0.39 is 10.9 Å². The second-order valence-corrected chi connectivity index (χ2v) is 5.99. The first-order valence-corrected chi connectivity index (χ1v) is 8.08. The molecule has 1 amide bonds. The van der Waals surface area contributed by atoms with E-state index in [1.807, 2.05) is 11.8 Å². The fourth-order valence-electron chi connectivity index (χ4n) is 2.99. The molecule has 0 unspecified atom stereocenters. The van der Waals surface area contributed by atoms with E-state index in [-0.39, 0.29) is 35.8 Å². The van der Waals surface area contributed by atoms with Crippen LogP contribution in [0.15, 0.2) is 18.2 Å². The molecular formula is C16H22N4O5. The van der Waals surface area contributed by atoms with Crippen LogP contribution in [0.25, 0.3) is 0 Å². The third kappa shape index (κ3) is 4.44. The zero-order chi connectivity index (χ0) is 18.6. The average Bonchev–Trinajstić information content (AvgIpc) is 2.54. The number of nitro benzene ring substituents is 1. The molecule has 0 spiro atoms. The Labute approximate surface area is 145 Å². The second-order valence-electron chi connectivity index (χ2n) is 5.99. The standard InChI is InChI=1S/C16H22N4O5/c1-3-19(9-15(21)22)12-7-11(8-12)18-13-5-4-10(16(23)17-2)6-14(13)20(24)25/h4-6,11-12,18H,3,7-9H2,1-2H3,(H,17,23)(H,21,22). The Morgan fingerprint density at radius 1 is 1.40 bits per heavy atom. The van der Waals surface area contributed by atoms with E-state index in [1.54, 1.807) is 0 Å². The summed E-state index contributed by atoms with van der Waals surface area (Å²) in [6.45, 7) is 2.55. The molecule has 25 heavy (non-hydrogen) atoms. The molecule has 1 saturated carbocycles. The minimum atomic E-state index is -0.862. The Hall–Kier alpha value is -2.68. The summed E-state index contributed by atoms with van der Waals surface area (Å²) in [5, 5.41) is 25.7. The number of carbonyl (C=O) groups is 2. The molecule has 136 valence electrons. The number of amides is 1. The van der Waals surface area contributed by atoms with Crippen LogP contribution in [0, 0.1) is 10.1 Å². The molecule has 9 heteroatoms. The van der Waals surface area contributed by atoms with Gasteiger partial charge in [0.25, 0.3) is 11.6 Å². The van der Waals surface area contributed by atoms with Crippen LogP contribution in [0.3, 0.4) is 0 Å². The van der Waals surface area contributed by atoms with Crippen molar-refractivity contribution in [3.8, 4) is 0 Å². The number of aliphatic carboxylic acids is 1. The van der Waals surface area contributed by atoms with Crippen molar-refractivity contribution in [2.24, 2.45) is 0 Å². The van der Waals surface area contributed by atoms with Gasteiger partial charge in [0.2, 0.25) is 0 Å². The summed E-state index contributed by atoms with van der Waals surface area (Å²) in [4.78, 5) is 35.1. The summed E-state index contributed by atoms with van der Waals surface area (Å²) in [7, 11) is 1.46. The molecule has 1 aromatic rings. The largest absolute Gasteiger partial charge is 0.480 e. The van der Waals surface area contributed by atoms with Crippen molar-refractivity contribution in [3.05, 3.63) is 33.9 Å². The summed E-state index contributed by atoms with van der Waals surface area (Å²) in [6.07, 6.45) is 1.44. The first-order chi connectivity index (χ1) is 11.8. The number of likely N-dealkylation sites (N-methyl/N-ethyl adjacent to an activating group) is 1. The molecule has 9 nitrogen and oxygen atoms in total. The lowest BCUT2D eigenvalue weighted by atomic mass is 9.85. The summed E-state index contributed by atoms with van der Waals surface area (Å²) in [5.74, 6) is -1.25. The van der Waals surface area contributed by atoms with Gasteiger partial charge in [0.15, 0.2) is 0 Å². The molecule has 3 N–H and O–H groups in total. The molecule has 0 bridgehead atoms. The topological polar surface area (TPSA) is 125 Å². The lowest BCUT2D eigenvalue weighted by Gasteiger charge is -2.42. The summed E-state index contributed by atoms with van der Waals surface area (Å²) >= 11 is 0. The Balaban J connectivity index is 2.03. The van der Waals surface area contributed by atoms with E-state index in [1.165, 1.54) is 25.2 Å². The van der Waals surface area contributed by atoms with Gasteiger partial charge in [-0.3, -0.25) is 24.6 Å². The van der Waals surface area contributed by atoms with Crippen LogP contribution in [-0.2, 0) is 4.79 Å². The third-order valence-electron chi connectivity index (χ3n) is 4.42. The van der Waals surface area contributed by atoms with Crippen molar-refractivity contribution in [2.75, 3.05) is 25.5 Å². The molecule has 0 saturated heterocycles. The van der Waals surface area contributed by atoms with Crippen molar-refractivity contribution in [1.29, 1.82) is 0 Å². The number of hydrogen-bond donors (Lipinski definition) is 3. The van der Waals surface area contributed by atoms with Crippen molar-refractivity contribution >= 4 is 23.3 Å². The summed E-state index contributed by atoms with van der Waals surface area (Å²) in [5.41, 5.74) is 0.440. The SMILES string of the molecule is CCN(CC(=O)O)C1CC(Nc2ccc(C(=O)NC)cc2[N+](=O)[O-])C1. The van der Waals surface area contributed by atoms with Gasteiger partial charge in [-0.2, -0.15) is 0 Å². The van der Waals surface area contributed by atoms with Gasteiger partial charge in [0.05, 0.1) is 11.5 Å². The third-order valence-corrected chi connectivity index (χ3v) is 4.42. The number of carboxylic acids is 1. The first-order valence-electron chi connectivity index (χ1n) is 8.08. The molecule has 1 aromatic carbocycles. The smallest absolute Gasteiger partial charge is 0.317 e. The van der Waals surface area contributed by atoms with E-state index in [9.17, 15) is 19.7 Å². The number of nitrogens with zero attached hydrogens (tertiary/aromatic N) is 2. The van der Waals surface area contributed by atoms with Crippen LogP contribution in [-0.4, -0.2) is 59.0 Å². The highest BCUT2D eigenvalue weighted by atomic mass is 16.6. The van der Waals surface area contributed by atoms with Crippen molar-refractivity contribution in [2.45, 2.75) is 31.8 Å². The number of nitrogens with one attached hydrogen (secondary N) is 2. The maximum absolute atomic E-state index is 11.6. The van der Waals surface area contributed by atoms with E-state index in [0.717, 1.165) is 12.8 Å². The molecule has 0 radical (unpaired) electrons. The minimum absolute atomic E-state index is 0.00510. The predicted octanol–water partition coefficient (Wildman–Crippen LogP) is 1.30. The van der Waals surface area contributed by atoms with E-state index in [0.29, 0.717) is 12.2 Å². The fraction of sp³-hybridized carbons (Fsp3) is 0.500. The second kappa shape index (κ2) is 7.93. The van der Waals surface area contributed by atoms with Gasteiger partial charge < -0.3 is 15.7 Å². The Bertz CT molecular complexity index is 672. The van der Waals surface area contributed by atoms with E-state index >= 15 is 0 Å². The van der Waals surface area contributed by atoms with E-state index in [4.69, 9.17) is 5.11 Å². The number of carbonyl (C=O) groups excluding carboxylic acids is 1. The summed E-state index contributed by atoms with van der Waals surface area (Å²) in [6, 6.07) is 4.51. The summed E-state index contributed by atoms with van der Waals surface area (Å²) < 4.78 is 0. The monoisotopic (exact) mass is 350 g/mol. The van der Waals surface area contributed by atoms with Gasteiger partial charge >= 0.3 is 5.97 Å². The van der Waals surface area contributed by atoms with E-state index in [2.05, 4.69) is 10.6 Å². The quantitative estimate of drug-likeness (QED) is 0.477. The highest BCUT2D eigenvalue weighted by Crippen LogP contribution is 2.32. The maximum atomic E-state index is 11.6. The fourth-order valence-corrected chi connectivity index (χ4v) is 2.99. The highest BCUT2D eigenvalue weighted by Gasteiger charge is 2.34. The number of rotatable bonds is 8. The van der Waals surface area contributed by atoms with Crippen molar-refractivity contribution in [1.82, 2.24) is 10.2 Å². The Kier molecular flexibility index (Phi) is 5.92. The van der Waals surface area contributed by atoms with Crippen LogP contribution >= 0.6 is 0 Å². The number of benzene rings is 1. The van der Waals surface area contributed by atoms with Crippen LogP contribution in [0.2, 0.25) is 0 Å². The number of hydrogen-bond acceptors (Lipinski definition) is 6. The minimum Gasteiger partial charge on any atom is -0.480 e. The molecule has 1 aliphatic rings. The van der Waals surface area contributed by atoms with Gasteiger partial charge in [-0.25, -0.2) is 0 Å². The molecule has 1 fully saturated rings. The molecule has 1 aliphatic carbocycles. The molecular weight excluding hydrogens is 328 g/mol. The van der Waals surface area contributed by atoms with Crippen molar-refractivity contribution < 1.29 is 19.6 Å². The zero-order valence-corrected chi connectivity index (χ0v) is 14.2. The first kappa shape index (κ1) is 18.7. The lowest BCUT2D eigenvalue weighted by molar-refractivity contribution is -0.384. The number of nitro groups is 1. The number of anilines is 1. The van der Waals surface area contributed by atoms with Crippen LogP contribution < -0.4 is 10.6 Å². The molecule has 0 atom stereocenters. The molecule has 2 rings (SSSR count). The average molecular weight is 350 g/mol. The normalized spacial score (nSPS) is 19.2. The predicted molar refractivity (Wildman–Crippen MR) is 91.8 cm³/mol. The van der Waals surface area contributed by atoms with Gasteiger partial charge in [0.1, 0.15) is 5.69 Å². The molecule has 0 aliphatic heterocycles. The molecule has 0 aromatic heterocycles.